The van der Waals surface area contributed by atoms with Crippen LogP contribution in [0, 0.1) is 0 Å². The monoisotopic (exact) mass is 468 g/mol. The fraction of sp³-hybridized carbons (Fsp3) is 0.375. The largest absolute Gasteiger partial charge is 0.477 e. The highest BCUT2D eigenvalue weighted by Gasteiger charge is 2.31. The lowest BCUT2D eigenvalue weighted by molar-refractivity contribution is -0.122. The number of benzene rings is 1. The van der Waals surface area contributed by atoms with Gasteiger partial charge in [-0.2, -0.15) is 0 Å². The molecule has 3 aromatic rings. The number of hydrogen-bond donors (Lipinski definition) is 0. The number of aromatic nitrogens is 4. The van der Waals surface area contributed by atoms with Gasteiger partial charge in [0.15, 0.2) is 9.84 Å². The molecular weight excluding hydrogens is 440 g/mol. The first-order chi connectivity index (χ1) is 15.6. The Morgan fingerprint density at radius 1 is 1.03 bits per heavy atom. The van der Waals surface area contributed by atoms with E-state index < -0.39 is 15.3 Å². The van der Waals surface area contributed by atoms with Gasteiger partial charge in [0.25, 0.3) is 0 Å². The van der Waals surface area contributed by atoms with Gasteiger partial charge in [0.05, 0.1) is 35.8 Å². The average molecular weight is 469 g/mol. The van der Waals surface area contributed by atoms with E-state index >= 15 is 0 Å². The van der Waals surface area contributed by atoms with Gasteiger partial charge in [-0.05, 0) is 32.4 Å². The van der Waals surface area contributed by atoms with Gasteiger partial charge in [0.2, 0.25) is 5.88 Å². The summed E-state index contributed by atoms with van der Waals surface area (Å²) in [5.74, 6) is 0.412. The highest BCUT2D eigenvalue weighted by Crippen LogP contribution is 2.25. The Hall–Kier alpha value is -3.20. The molecule has 174 valence electrons. The van der Waals surface area contributed by atoms with Crippen molar-refractivity contribution >= 4 is 15.6 Å². The van der Waals surface area contributed by atoms with E-state index in [-0.39, 0.29) is 29.5 Å². The second-order valence-electron chi connectivity index (χ2n) is 8.13. The van der Waals surface area contributed by atoms with Crippen molar-refractivity contribution in [3.63, 3.8) is 0 Å². The summed E-state index contributed by atoms with van der Waals surface area (Å²) in [7, 11) is -3.26. The van der Waals surface area contributed by atoms with Gasteiger partial charge in [-0.15, -0.1) is 0 Å². The number of hydrogen-bond acceptors (Lipinski definition) is 8. The lowest BCUT2D eigenvalue weighted by atomic mass is 9.81. The predicted octanol–water partition coefficient (Wildman–Crippen LogP) is 3.36. The van der Waals surface area contributed by atoms with Crippen LogP contribution in [0.4, 0.5) is 0 Å². The minimum atomic E-state index is -3.26. The van der Waals surface area contributed by atoms with Crippen LogP contribution in [-0.2, 0) is 32.2 Å². The Balaban J connectivity index is 1.75. The van der Waals surface area contributed by atoms with Gasteiger partial charge < -0.3 is 4.74 Å². The van der Waals surface area contributed by atoms with Crippen LogP contribution in [0.2, 0.25) is 0 Å². The Bertz CT molecular complexity index is 1230. The fourth-order valence-electron chi connectivity index (χ4n) is 3.16. The fourth-order valence-corrected chi connectivity index (χ4v) is 3.90. The van der Waals surface area contributed by atoms with Crippen LogP contribution in [0.5, 0.6) is 5.88 Å². The number of sulfone groups is 1. The van der Waals surface area contributed by atoms with Crippen molar-refractivity contribution in [1.82, 2.24) is 19.9 Å². The van der Waals surface area contributed by atoms with E-state index in [1.807, 2.05) is 31.2 Å². The van der Waals surface area contributed by atoms with E-state index in [1.165, 1.54) is 6.20 Å². The van der Waals surface area contributed by atoms with Gasteiger partial charge >= 0.3 is 0 Å². The highest BCUT2D eigenvalue weighted by atomic mass is 32.2. The van der Waals surface area contributed by atoms with Crippen LogP contribution in [0.25, 0.3) is 11.3 Å². The summed E-state index contributed by atoms with van der Waals surface area (Å²) in [6.07, 6.45) is 4.95. The molecule has 3 rings (SSSR count). The van der Waals surface area contributed by atoms with Gasteiger partial charge in [-0.1, -0.05) is 31.2 Å². The quantitative estimate of drug-likeness (QED) is 0.445. The molecule has 0 atom stereocenters. The number of Topliss-reactive ketones (excluding diaryl/α,β-unsaturated/α-hetero) is 1. The number of rotatable bonds is 10. The van der Waals surface area contributed by atoms with Gasteiger partial charge in [-0.25, -0.2) is 23.4 Å². The highest BCUT2D eigenvalue weighted by molar-refractivity contribution is 7.90. The number of ketones is 1. The Labute approximate surface area is 194 Å². The molecule has 0 N–H and O–H groups in total. The van der Waals surface area contributed by atoms with Crippen LogP contribution in [0.3, 0.4) is 0 Å². The van der Waals surface area contributed by atoms with E-state index in [0.717, 1.165) is 11.1 Å². The zero-order chi connectivity index (χ0) is 24.1. The third-order valence-corrected chi connectivity index (χ3v) is 6.93. The molecule has 0 amide bonds. The van der Waals surface area contributed by atoms with E-state index in [4.69, 9.17) is 4.74 Å². The molecule has 2 heterocycles. The second-order valence-corrected chi connectivity index (χ2v) is 10.5. The summed E-state index contributed by atoms with van der Waals surface area (Å²) < 4.78 is 29.3. The molecule has 9 heteroatoms. The molecule has 0 radical (unpaired) electrons. The summed E-state index contributed by atoms with van der Waals surface area (Å²) in [4.78, 5) is 30.2. The average Bonchev–Trinajstić information content (AvgIpc) is 2.80. The summed E-state index contributed by atoms with van der Waals surface area (Å²) in [5, 5.41) is 0. The molecule has 2 aromatic heterocycles. The number of nitrogens with zero attached hydrogens (tertiary/aromatic N) is 4. The SMILES string of the molecule is CCOc1cncc(-c2ccc(CC(=O)C(C)(C)c3ccnc(CS(=O)(=O)CC)n3)cc2)n1. The van der Waals surface area contributed by atoms with Crippen molar-refractivity contribution in [3.8, 4) is 17.1 Å². The van der Waals surface area contributed by atoms with Crippen molar-refractivity contribution in [1.29, 1.82) is 0 Å². The van der Waals surface area contributed by atoms with E-state index in [2.05, 4.69) is 19.9 Å². The zero-order valence-electron chi connectivity index (χ0n) is 19.3. The second kappa shape index (κ2) is 10.2. The standard InChI is InChI=1S/C24H28N4O4S/c1-5-32-23-15-25-14-19(27-23)18-9-7-17(8-10-18)13-21(29)24(3,4)20-11-12-26-22(28-20)16-33(30,31)6-2/h7-12,14-15H,5-6,13,16H2,1-4H3. The Morgan fingerprint density at radius 2 is 1.76 bits per heavy atom. The summed E-state index contributed by atoms with van der Waals surface area (Å²) in [6, 6.07) is 9.23. The third kappa shape index (κ3) is 6.19. The van der Waals surface area contributed by atoms with Crippen LogP contribution in [0.1, 0.15) is 44.8 Å². The van der Waals surface area contributed by atoms with Crippen molar-refractivity contribution in [3.05, 3.63) is 66.0 Å². The molecule has 33 heavy (non-hydrogen) atoms. The van der Waals surface area contributed by atoms with Crippen LogP contribution in [0.15, 0.2) is 48.9 Å². The maximum Gasteiger partial charge on any atom is 0.232 e. The molecule has 0 aliphatic heterocycles. The Morgan fingerprint density at radius 3 is 2.42 bits per heavy atom. The van der Waals surface area contributed by atoms with Crippen LogP contribution in [-0.4, -0.2) is 46.5 Å². The molecule has 0 fully saturated rings. The third-order valence-electron chi connectivity index (χ3n) is 5.35. The predicted molar refractivity (Wildman–Crippen MR) is 126 cm³/mol. The first kappa shape index (κ1) is 24.4. The lowest BCUT2D eigenvalue weighted by Crippen LogP contribution is -2.32. The molecule has 0 spiro atoms. The van der Waals surface area contributed by atoms with E-state index in [0.29, 0.717) is 23.9 Å². The molecule has 0 aliphatic carbocycles. The Kier molecular flexibility index (Phi) is 7.53. The van der Waals surface area contributed by atoms with E-state index in [9.17, 15) is 13.2 Å². The molecule has 0 saturated carbocycles. The normalized spacial score (nSPS) is 11.9. The molecule has 0 bridgehead atoms. The van der Waals surface area contributed by atoms with Gasteiger partial charge in [0, 0.05) is 23.9 Å². The first-order valence-electron chi connectivity index (χ1n) is 10.7. The van der Waals surface area contributed by atoms with Gasteiger partial charge in [-0.3, -0.25) is 9.78 Å². The maximum absolute atomic E-state index is 13.1. The molecular formula is C24H28N4O4S. The number of carbonyl (C=O) groups is 1. The minimum absolute atomic E-state index is 0.0143. The number of ether oxygens (including phenoxy) is 1. The lowest BCUT2D eigenvalue weighted by Gasteiger charge is -2.23. The van der Waals surface area contributed by atoms with Crippen molar-refractivity contribution in [2.45, 2.75) is 45.3 Å². The minimum Gasteiger partial charge on any atom is -0.477 e. The smallest absolute Gasteiger partial charge is 0.232 e. The summed E-state index contributed by atoms with van der Waals surface area (Å²) in [6.45, 7) is 7.56. The maximum atomic E-state index is 13.1. The first-order valence-corrected chi connectivity index (χ1v) is 12.6. The number of carbonyl (C=O) groups excluding carboxylic acids is 1. The van der Waals surface area contributed by atoms with Crippen molar-refractivity contribution in [2.24, 2.45) is 0 Å². The summed E-state index contributed by atoms with van der Waals surface area (Å²) >= 11 is 0. The van der Waals surface area contributed by atoms with E-state index in [1.54, 1.807) is 39.2 Å². The van der Waals surface area contributed by atoms with Crippen molar-refractivity contribution < 1.29 is 17.9 Å². The summed E-state index contributed by atoms with van der Waals surface area (Å²) in [5.41, 5.74) is 2.02. The van der Waals surface area contributed by atoms with Crippen LogP contribution >= 0.6 is 0 Å². The van der Waals surface area contributed by atoms with Crippen molar-refractivity contribution in [2.75, 3.05) is 12.4 Å². The topological polar surface area (TPSA) is 112 Å². The molecule has 8 nitrogen and oxygen atoms in total. The molecule has 0 unspecified atom stereocenters. The van der Waals surface area contributed by atoms with Crippen LogP contribution < -0.4 is 4.74 Å². The zero-order valence-corrected chi connectivity index (χ0v) is 20.1. The molecule has 1 aromatic carbocycles. The van der Waals surface area contributed by atoms with Gasteiger partial charge in [0.1, 0.15) is 17.4 Å². The molecule has 0 aliphatic rings. The molecule has 0 saturated heterocycles.